The van der Waals surface area contributed by atoms with Crippen LogP contribution in [0.15, 0.2) is 35.4 Å². The lowest BCUT2D eigenvalue weighted by Gasteiger charge is -2.32. The van der Waals surface area contributed by atoms with Gasteiger partial charge in [0.1, 0.15) is 0 Å². The summed E-state index contributed by atoms with van der Waals surface area (Å²) in [5, 5.41) is 4.40. The third kappa shape index (κ3) is 2.87. The number of sulfonamides is 1. The number of fused-ring (bicyclic) bond motifs is 1. The molecule has 24 heavy (non-hydrogen) atoms. The van der Waals surface area contributed by atoms with Gasteiger partial charge in [-0.15, -0.1) is 0 Å². The lowest BCUT2D eigenvalue weighted by atomic mass is 9.97. The monoisotopic (exact) mass is 349 g/mol. The number of hydrogen-bond donors (Lipinski definition) is 0. The number of rotatable bonds is 5. The highest BCUT2D eigenvalue weighted by molar-refractivity contribution is 7.89. The summed E-state index contributed by atoms with van der Waals surface area (Å²) in [6.07, 6.45) is 1.85. The Morgan fingerprint density at radius 2 is 2.08 bits per heavy atom. The second-order valence-corrected chi connectivity index (χ2v) is 7.98. The molecule has 0 saturated carbocycles. The minimum absolute atomic E-state index is 0.00200. The van der Waals surface area contributed by atoms with Crippen molar-refractivity contribution >= 4 is 10.0 Å². The van der Waals surface area contributed by atoms with Crippen molar-refractivity contribution in [3.63, 3.8) is 0 Å². The summed E-state index contributed by atoms with van der Waals surface area (Å²) in [5.41, 5.74) is 2.81. The van der Waals surface area contributed by atoms with E-state index in [0.717, 1.165) is 16.8 Å². The Bertz CT molecular complexity index is 829. The van der Waals surface area contributed by atoms with E-state index < -0.39 is 10.0 Å². The van der Waals surface area contributed by atoms with Crippen LogP contribution >= 0.6 is 0 Å². The first-order valence-electron chi connectivity index (χ1n) is 8.08. The maximum Gasteiger partial charge on any atom is 0.243 e. The Labute approximate surface area is 143 Å². The molecule has 2 aromatic rings. The molecule has 1 aromatic heterocycles. The normalized spacial score (nSPS) is 18.5. The van der Waals surface area contributed by atoms with Gasteiger partial charge in [0.2, 0.25) is 10.0 Å². The SMILES string of the molecule is CCn1ncc2c1CN(S(=O)(=O)c1ccccc1C)C[C@H]2COC. The fourth-order valence-corrected chi connectivity index (χ4v) is 4.97. The molecule has 0 N–H and O–H groups in total. The Morgan fingerprint density at radius 3 is 2.75 bits per heavy atom. The number of benzene rings is 1. The number of hydrogen-bond acceptors (Lipinski definition) is 4. The highest BCUT2D eigenvalue weighted by Gasteiger charge is 2.36. The van der Waals surface area contributed by atoms with Crippen molar-refractivity contribution in [1.29, 1.82) is 0 Å². The van der Waals surface area contributed by atoms with Gasteiger partial charge < -0.3 is 4.74 Å². The Hall–Kier alpha value is -1.70. The van der Waals surface area contributed by atoms with Gasteiger partial charge in [-0.05, 0) is 25.5 Å². The van der Waals surface area contributed by atoms with Crippen molar-refractivity contribution in [2.24, 2.45) is 0 Å². The van der Waals surface area contributed by atoms with Gasteiger partial charge in [0.05, 0.1) is 29.9 Å². The van der Waals surface area contributed by atoms with E-state index in [2.05, 4.69) is 5.10 Å². The third-order valence-corrected chi connectivity index (χ3v) is 6.52. The smallest absolute Gasteiger partial charge is 0.243 e. The molecular formula is C17H23N3O3S. The fraction of sp³-hybridized carbons (Fsp3) is 0.471. The quantitative estimate of drug-likeness (QED) is 0.830. The maximum absolute atomic E-state index is 13.1. The highest BCUT2D eigenvalue weighted by atomic mass is 32.2. The third-order valence-electron chi connectivity index (χ3n) is 4.55. The molecule has 0 radical (unpaired) electrons. The predicted molar refractivity (Wildman–Crippen MR) is 91.3 cm³/mol. The van der Waals surface area contributed by atoms with Crippen LogP contribution in [-0.4, -0.2) is 42.8 Å². The van der Waals surface area contributed by atoms with Crippen LogP contribution in [0.1, 0.15) is 29.7 Å². The molecule has 1 aliphatic rings. The van der Waals surface area contributed by atoms with Gasteiger partial charge >= 0.3 is 0 Å². The number of nitrogens with zero attached hydrogens (tertiary/aromatic N) is 3. The molecule has 0 bridgehead atoms. The van der Waals surface area contributed by atoms with E-state index in [1.54, 1.807) is 23.5 Å². The Balaban J connectivity index is 2.02. The molecule has 0 aliphatic carbocycles. The van der Waals surface area contributed by atoms with Crippen LogP contribution < -0.4 is 0 Å². The molecule has 0 saturated heterocycles. The summed E-state index contributed by atoms with van der Waals surface area (Å²) < 4.78 is 35.0. The van der Waals surface area contributed by atoms with Crippen LogP contribution in [0.5, 0.6) is 0 Å². The van der Waals surface area contributed by atoms with Gasteiger partial charge in [0.15, 0.2) is 0 Å². The van der Waals surface area contributed by atoms with Crippen LogP contribution in [0.25, 0.3) is 0 Å². The van der Waals surface area contributed by atoms with Crippen molar-refractivity contribution in [2.75, 3.05) is 20.3 Å². The highest BCUT2D eigenvalue weighted by Crippen LogP contribution is 2.32. The second-order valence-electron chi connectivity index (χ2n) is 6.08. The standard InChI is InChI=1S/C17H23N3O3S/c1-4-20-16-11-19(10-14(12-23-3)15(16)9-18-20)24(21,22)17-8-6-5-7-13(17)2/h5-9,14H,4,10-12H2,1-3H3/t14-/m0/s1. The molecule has 1 aromatic carbocycles. The number of ether oxygens (including phenoxy) is 1. The molecule has 3 rings (SSSR count). The van der Waals surface area contributed by atoms with Gasteiger partial charge in [-0.3, -0.25) is 4.68 Å². The molecular weight excluding hydrogens is 326 g/mol. The van der Waals surface area contributed by atoms with Crippen LogP contribution in [-0.2, 0) is 27.8 Å². The lowest BCUT2D eigenvalue weighted by Crippen LogP contribution is -2.40. The second kappa shape index (κ2) is 6.66. The lowest BCUT2D eigenvalue weighted by molar-refractivity contribution is 0.162. The summed E-state index contributed by atoms with van der Waals surface area (Å²) >= 11 is 0. The van der Waals surface area contributed by atoms with Gasteiger partial charge in [-0.1, -0.05) is 18.2 Å². The zero-order valence-corrected chi connectivity index (χ0v) is 15.1. The molecule has 0 unspecified atom stereocenters. The molecule has 0 amide bonds. The molecule has 0 spiro atoms. The van der Waals surface area contributed by atoms with Crippen molar-refractivity contribution in [3.8, 4) is 0 Å². The van der Waals surface area contributed by atoms with E-state index in [1.165, 1.54) is 0 Å². The first kappa shape index (κ1) is 17.1. The molecule has 1 aliphatic heterocycles. The first-order chi connectivity index (χ1) is 11.5. The molecule has 0 fully saturated rings. The Morgan fingerprint density at radius 1 is 1.33 bits per heavy atom. The van der Waals surface area contributed by atoms with E-state index in [-0.39, 0.29) is 5.92 Å². The minimum Gasteiger partial charge on any atom is -0.384 e. The van der Waals surface area contributed by atoms with Gasteiger partial charge in [-0.25, -0.2) is 8.42 Å². The van der Waals surface area contributed by atoms with Crippen LogP contribution in [0.3, 0.4) is 0 Å². The number of aromatic nitrogens is 2. The van der Waals surface area contributed by atoms with E-state index in [9.17, 15) is 8.42 Å². The van der Waals surface area contributed by atoms with Gasteiger partial charge in [0, 0.05) is 31.7 Å². The minimum atomic E-state index is -3.55. The van der Waals surface area contributed by atoms with Crippen LogP contribution in [0, 0.1) is 6.92 Å². The number of methoxy groups -OCH3 is 1. The van der Waals surface area contributed by atoms with Crippen LogP contribution in [0.2, 0.25) is 0 Å². The summed E-state index contributed by atoms with van der Waals surface area (Å²) in [5.74, 6) is -0.00200. The largest absolute Gasteiger partial charge is 0.384 e. The zero-order chi connectivity index (χ0) is 17.3. The Kier molecular flexibility index (Phi) is 4.76. The van der Waals surface area contributed by atoms with Gasteiger partial charge in [-0.2, -0.15) is 9.40 Å². The van der Waals surface area contributed by atoms with Crippen molar-refractivity contribution < 1.29 is 13.2 Å². The molecule has 7 heteroatoms. The van der Waals surface area contributed by atoms with Crippen molar-refractivity contribution in [1.82, 2.24) is 14.1 Å². The molecule has 1 atom stereocenters. The maximum atomic E-state index is 13.1. The average molecular weight is 349 g/mol. The van der Waals surface area contributed by atoms with Crippen molar-refractivity contribution in [2.45, 2.75) is 37.8 Å². The van der Waals surface area contributed by atoms with E-state index in [1.807, 2.05) is 36.9 Å². The van der Waals surface area contributed by atoms with E-state index in [4.69, 9.17) is 4.74 Å². The van der Waals surface area contributed by atoms with Gasteiger partial charge in [0.25, 0.3) is 0 Å². The summed E-state index contributed by atoms with van der Waals surface area (Å²) in [6, 6.07) is 7.11. The predicted octanol–water partition coefficient (Wildman–Crippen LogP) is 2.15. The molecule has 130 valence electrons. The molecule has 2 heterocycles. The van der Waals surface area contributed by atoms with Crippen LogP contribution in [0.4, 0.5) is 0 Å². The fourth-order valence-electron chi connectivity index (χ4n) is 3.30. The van der Waals surface area contributed by atoms with Crippen molar-refractivity contribution in [3.05, 3.63) is 47.3 Å². The average Bonchev–Trinajstić information content (AvgIpc) is 2.98. The summed E-state index contributed by atoms with van der Waals surface area (Å²) in [4.78, 5) is 0.368. The van der Waals surface area contributed by atoms with E-state index >= 15 is 0 Å². The number of aryl methyl sites for hydroxylation is 2. The topological polar surface area (TPSA) is 64.4 Å². The molecule has 6 nitrogen and oxygen atoms in total. The van der Waals surface area contributed by atoms with E-state index in [0.29, 0.717) is 31.1 Å². The summed E-state index contributed by atoms with van der Waals surface area (Å²) in [7, 11) is -1.92. The zero-order valence-electron chi connectivity index (χ0n) is 14.3. The summed E-state index contributed by atoms with van der Waals surface area (Å²) in [6.45, 7) is 5.78. The first-order valence-corrected chi connectivity index (χ1v) is 9.52.